The minimum Gasteiger partial charge on any atom is -0.368 e. The van der Waals surface area contributed by atoms with Gasteiger partial charge in [-0.1, -0.05) is 18.2 Å². The fourth-order valence-corrected chi connectivity index (χ4v) is 4.09. The van der Waals surface area contributed by atoms with Crippen molar-refractivity contribution >= 4 is 11.7 Å². The Morgan fingerprint density at radius 1 is 1.00 bits per heavy atom. The number of hydrogen-bond donors (Lipinski definition) is 1. The molecule has 0 spiro atoms. The molecule has 0 radical (unpaired) electrons. The quantitative estimate of drug-likeness (QED) is 0.862. The normalized spacial score (nSPS) is 18.7. The number of piperidine rings is 1. The number of pyridine rings is 1. The average molecular weight is 397 g/mol. The van der Waals surface area contributed by atoms with Gasteiger partial charge in [0.05, 0.1) is 0 Å². The first kappa shape index (κ1) is 19.6. The molecule has 154 valence electrons. The third-order valence-electron chi connectivity index (χ3n) is 5.86. The summed E-state index contributed by atoms with van der Waals surface area (Å²) in [6.07, 6.45) is 5.40. The number of carbonyl (C=O) groups excluding carboxylic acids is 1. The fraction of sp³-hybridized carbons (Fsp3) is 0.455. The van der Waals surface area contributed by atoms with Gasteiger partial charge in [-0.05, 0) is 31.0 Å². The number of urea groups is 1. The van der Waals surface area contributed by atoms with E-state index < -0.39 is 0 Å². The Bertz CT molecular complexity index is 802. The molecule has 3 heterocycles. The van der Waals surface area contributed by atoms with Gasteiger partial charge in [-0.3, -0.25) is 9.88 Å². The lowest BCUT2D eigenvalue weighted by molar-refractivity contribution is 0.166. The summed E-state index contributed by atoms with van der Waals surface area (Å²) in [5.41, 5.74) is 1.89. The van der Waals surface area contributed by atoms with Crippen LogP contribution in [-0.4, -0.2) is 66.1 Å². The molecule has 0 bridgehead atoms. The van der Waals surface area contributed by atoms with Gasteiger partial charge in [-0.25, -0.2) is 9.18 Å². The van der Waals surface area contributed by atoms with Crippen LogP contribution < -0.4 is 10.2 Å². The predicted molar refractivity (Wildman–Crippen MR) is 111 cm³/mol. The van der Waals surface area contributed by atoms with E-state index in [9.17, 15) is 9.18 Å². The van der Waals surface area contributed by atoms with Crippen LogP contribution in [0.3, 0.4) is 0 Å². The summed E-state index contributed by atoms with van der Waals surface area (Å²) in [7, 11) is 0. The van der Waals surface area contributed by atoms with Gasteiger partial charge in [0, 0.05) is 75.5 Å². The van der Waals surface area contributed by atoms with E-state index in [0.717, 1.165) is 63.4 Å². The van der Waals surface area contributed by atoms with E-state index in [1.807, 2.05) is 29.2 Å². The van der Waals surface area contributed by atoms with E-state index in [2.05, 4.69) is 20.1 Å². The molecule has 2 fully saturated rings. The number of nitrogens with zero attached hydrogens (tertiary/aromatic N) is 4. The van der Waals surface area contributed by atoms with Crippen LogP contribution >= 0.6 is 0 Å². The van der Waals surface area contributed by atoms with Gasteiger partial charge >= 0.3 is 6.03 Å². The van der Waals surface area contributed by atoms with Crippen molar-refractivity contribution in [1.82, 2.24) is 20.1 Å². The molecular formula is C22H28FN5O. The van der Waals surface area contributed by atoms with Crippen LogP contribution in [0.4, 0.5) is 14.9 Å². The molecule has 2 amide bonds. The first-order valence-corrected chi connectivity index (χ1v) is 10.4. The van der Waals surface area contributed by atoms with Crippen LogP contribution in [0.25, 0.3) is 0 Å². The van der Waals surface area contributed by atoms with Crippen LogP contribution in [0.15, 0.2) is 48.8 Å². The van der Waals surface area contributed by atoms with Crippen molar-refractivity contribution in [3.8, 4) is 0 Å². The molecule has 2 saturated heterocycles. The van der Waals surface area contributed by atoms with Gasteiger partial charge in [-0.15, -0.1) is 0 Å². The summed E-state index contributed by atoms with van der Waals surface area (Å²) in [6, 6.07) is 11.2. The van der Waals surface area contributed by atoms with Gasteiger partial charge < -0.3 is 15.1 Å². The number of hydrogen-bond acceptors (Lipinski definition) is 4. The Kier molecular flexibility index (Phi) is 6.24. The lowest BCUT2D eigenvalue weighted by atomic mass is 10.0. The molecule has 0 unspecified atom stereocenters. The Morgan fingerprint density at radius 3 is 2.38 bits per heavy atom. The Morgan fingerprint density at radius 2 is 1.69 bits per heavy atom. The second-order valence-corrected chi connectivity index (χ2v) is 7.77. The van der Waals surface area contributed by atoms with Crippen molar-refractivity contribution in [3.63, 3.8) is 0 Å². The van der Waals surface area contributed by atoms with Crippen LogP contribution in [0, 0.1) is 5.82 Å². The van der Waals surface area contributed by atoms with Gasteiger partial charge in [-0.2, -0.15) is 0 Å². The lowest BCUT2D eigenvalue weighted by Crippen LogP contribution is -2.54. The average Bonchev–Trinajstić information content (AvgIpc) is 2.77. The summed E-state index contributed by atoms with van der Waals surface area (Å²) in [5, 5.41) is 3.20. The first-order chi connectivity index (χ1) is 14.2. The van der Waals surface area contributed by atoms with Crippen LogP contribution in [0.2, 0.25) is 0 Å². The molecular weight excluding hydrogens is 369 g/mol. The Hall–Kier alpha value is -2.67. The Balaban J connectivity index is 1.20. The number of benzene rings is 1. The van der Waals surface area contributed by atoms with Crippen molar-refractivity contribution in [3.05, 3.63) is 60.2 Å². The van der Waals surface area contributed by atoms with Gasteiger partial charge in [0.15, 0.2) is 0 Å². The summed E-state index contributed by atoms with van der Waals surface area (Å²) in [4.78, 5) is 23.2. The third kappa shape index (κ3) is 5.03. The number of nitrogens with one attached hydrogen (secondary N) is 1. The zero-order valence-electron chi connectivity index (χ0n) is 16.6. The molecule has 2 aliphatic heterocycles. The fourth-order valence-electron chi connectivity index (χ4n) is 4.09. The van der Waals surface area contributed by atoms with Crippen molar-refractivity contribution in [2.45, 2.75) is 25.4 Å². The molecule has 2 aromatic rings. The van der Waals surface area contributed by atoms with Crippen molar-refractivity contribution in [1.29, 1.82) is 0 Å². The third-order valence-corrected chi connectivity index (χ3v) is 5.86. The molecule has 2 aliphatic rings. The minimum atomic E-state index is -0.145. The zero-order chi connectivity index (χ0) is 20.1. The minimum absolute atomic E-state index is 0.0342. The molecule has 1 aromatic heterocycles. The lowest BCUT2D eigenvalue weighted by Gasteiger charge is -2.38. The maximum Gasteiger partial charge on any atom is 0.317 e. The second-order valence-electron chi connectivity index (χ2n) is 7.77. The summed E-state index contributed by atoms with van der Waals surface area (Å²) < 4.78 is 13.8. The van der Waals surface area contributed by atoms with E-state index in [1.165, 1.54) is 6.07 Å². The number of amides is 2. The number of halogens is 1. The smallest absolute Gasteiger partial charge is 0.317 e. The van der Waals surface area contributed by atoms with Crippen LogP contribution in [-0.2, 0) is 6.54 Å². The number of anilines is 1. The number of carbonyl (C=O) groups is 1. The maximum atomic E-state index is 13.8. The monoisotopic (exact) mass is 397 g/mol. The van der Waals surface area contributed by atoms with Gasteiger partial charge in [0.25, 0.3) is 0 Å². The van der Waals surface area contributed by atoms with Gasteiger partial charge in [0.2, 0.25) is 0 Å². The summed E-state index contributed by atoms with van der Waals surface area (Å²) in [5.74, 6) is -0.145. The Labute approximate surface area is 171 Å². The highest BCUT2D eigenvalue weighted by Gasteiger charge is 2.25. The SMILES string of the molecule is O=C(NC1CCN(Cc2ccccc2F)CC1)N1CCN(c2ccncc2)CC1. The number of piperazine rings is 1. The van der Waals surface area contributed by atoms with Gasteiger partial charge in [0.1, 0.15) is 5.82 Å². The van der Waals surface area contributed by atoms with Crippen molar-refractivity contribution in [2.24, 2.45) is 0 Å². The number of rotatable bonds is 4. The molecule has 6 nitrogen and oxygen atoms in total. The van der Waals surface area contributed by atoms with Crippen molar-refractivity contribution < 1.29 is 9.18 Å². The molecule has 0 atom stereocenters. The number of likely N-dealkylation sites (tertiary alicyclic amines) is 1. The maximum absolute atomic E-state index is 13.8. The molecule has 4 rings (SSSR count). The first-order valence-electron chi connectivity index (χ1n) is 10.4. The van der Waals surface area contributed by atoms with E-state index in [0.29, 0.717) is 6.54 Å². The molecule has 0 saturated carbocycles. The van der Waals surface area contributed by atoms with E-state index in [-0.39, 0.29) is 17.9 Å². The summed E-state index contributed by atoms with van der Waals surface area (Å²) in [6.45, 7) is 5.48. The highest BCUT2D eigenvalue weighted by Crippen LogP contribution is 2.17. The second kappa shape index (κ2) is 9.22. The molecule has 0 aliphatic carbocycles. The highest BCUT2D eigenvalue weighted by molar-refractivity contribution is 5.75. The van der Waals surface area contributed by atoms with E-state index in [1.54, 1.807) is 18.5 Å². The predicted octanol–water partition coefficient (Wildman–Crippen LogP) is 2.72. The van der Waals surface area contributed by atoms with E-state index in [4.69, 9.17) is 0 Å². The summed E-state index contributed by atoms with van der Waals surface area (Å²) >= 11 is 0. The van der Waals surface area contributed by atoms with Crippen molar-refractivity contribution in [2.75, 3.05) is 44.2 Å². The highest BCUT2D eigenvalue weighted by atomic mass is 19.1. The van der Waals surface area contributed by atoms with Crippen LogP contribution in [0.5, 0.6) is 0 Å². The largest absolute Gasteiger partial charge is 0.368 e. The topological polar surface area (TPSA) is 51.7 Å². The molecule has 29 heavy (non-hydrogen) atoms. The molecule has 1 N–H and O–H groups in total. The number of aromatic nitrogens is 1. The molecule has 7 heteroatoms. The van der Waals surface area contributed by atoms with E-state index >= 15 is 0 Å². The molecule has 1 aromatic carbocycles. The zero-order valence-corrected chi connectivity index (χ0v) is 16.6. The standard InChI is InChI=1S/C22H28FN5O/c23-21-4-2-1-3-18(21)17-26-11-7-19(8-12-26)25-22(29)28-15-13-27(14-16-28)20-5-9-24-10-6-20/h1-6,9-10,19H,7-8,11-17H2,(H,25,29). The van der Waals surface area contributed by atoms with Crippen LogP contribution in [0.1, 0.15) is 18.4 Å².